The van der Waals surface area contributed by atoms with Crippen LogP contribution >= 0.6 is 0 Å². The summed E-state index contributed by atoms with van der Waals surface area (Å²) in [5.41, 5.74) is 0. The van der Waals surface area contributed by atoms with Gasteiger partial charge in [0.15, 0.2) is 19.1 Å². The monoisotopic (exact) mass is 248 g/mol. The van der Waals surface area contributed by atoms with Crippen molar-refractivity contribution < 1.29 is 24.2 Å². The number of aliphatic hydroxyl groups excluding tert-OH is 2. The number of carbonyl (C=O) groups is 2. The number of hydrogen-bond donors (Lipinski definition) is 2. The first-order valence-electron chi connectivity index (χ1n) is 4.96. The van der Waals surface area contributed by atoms with Crippen LogP contribution in [0.15, 0.2) is 0 Å². The van der Waals surface area contributed by atoms with Gasteiger partial charge in [0.1, 0.15) is 13.5 Å². The largest absolute Gasteiger partial charge is 0.376 e. The zero-order valence-electron chi connectivity index (χ0n) is 9.15. The van der Waals surface area contributed by atoms with E-state index in [1.807, 2.05) is 0 Å². The first-order chi connectivity index (χ1) is 8.08. The van der Waals surface area contributed by atoms with Crippen LogP contribution in [0.3, 0.4) is 0 Å². The zero-order chi connectivity index (χ0) is 12.7. The molecule has 4 amide bonds. The van der Waals surface area contributed by atoms with Crippen molar-refractivity contribution >= 4 is 12.1 Å². The molecule has 2 N–H and O–H groups in total. The topological polar surface area (TPSA) is 87.6 Å². The molecule has 0 aromatic rings. The van der Waals surface area contributed by atoms with Gasteiger partial charge in [-0.3, -0.25) is 14.7 Å². The summed E-state index contributed by atoms with van der Waals surface area (Å²) in [5.74, 6) is 0. The lowest BCUT2D eigenvalue weighted by Gasteiger charge is -2.25. The van der Waals surface area contributed by atoms with Crippen LogP contribution in [0.5, 0.6) is 0 Å². The van der Waals surface area contributed by atoms with Crippen LogP contribution in [0.4, 0.5) is 14.0 Å². The number of hydrogen-bond acceptors (Lipinski definition) is 4. The fraction of sp³-hybridized carbons (Fsp3) is 0.750. The maximum Gasteiger partial charge on any atom is 0.327 e. The predicted octanol–water partition coefficient (Wildman–Crippen LogP) is -1.43. The van der Waals surface area contributed by atoms with Crippen LogP contribution < -0.4 is 0 Å². The van der Waals surface area contributed by atoms with E-state index in [2.05, 4.69) is 0 Å². The second-order valence-corrected chi connectivity index (χ2v) is 3.82. The van der Waals surface area contributed by atoms with Crippen LogP contribution in [-0.2, 0) is 0 Å². The molecule has 2 aliphatic heterocycles. The molecular weight excluding hydrogens is 235 g/mol. The van der Waals surface area contributed by atoms with Crippen molar-refractivity contribution in [1.82, 2.24) is 19.6 Å². The normalized spacial score (nSPS) is 28.5. The Bertz CT molecular complexity index is 352. The van der Waals surface area contributed by atoms with E-state index < -0.39 is 44.7 Å². The first kappa shape index (κ1) is 11.9. The maximum atomic E-state index is 12.8. The van der Waals surface area contributed by atoms with Gasteiger partial charge >= 0.3 is 12.1 Å². The van der Waals surface area contributed by atoms with E-state index in [1.165, 1.54) is 7.05 Å². The summed E-state index contributed by atoms with van der Waals surface area (Å²) < 4.78 is 12.8. The first-order valence-corrected chi connectivity index (χ1v) is 4.96. The third-order valence-corrected chi connectivity index (χ3v) is 3.09. The van der Waals surface area contributed by atoms with Gasteiger partial charge in [-0.1, -0.05) is 0 Å². The molecule has 17 heavy (non-hydrogen) atoms. The predicted molar refractivity (Wildman–Crippen MR) is 51.8 cm³/mol. The average molecular weight is 248 g/mol. The highest BCUT2D eigenvalue weighted by Crippen LogP contribution is 2.33. The Kier molecular flexibility index (Phi) is 2.79. The molecule has 0 aromatic heterocycles. The minimum atomic E-state index is -1.06. The van der Waals surface area contributed by atoms with Crippen molar-refractivity contribution in [3.8, 4) is 0 Å². The molecule has 2 atom stereocenters. The highest BCUT2D eigenvalue weighted by molar-refractivity contribution is 5.84. The van der Waals surface area contributed by atoms with E-state index in [1.54, 1.807) is 0 Å². The fourth-order valence-corrected chi connectivity index (χ4v) is 2.29. The molecule has 2 heterocycles. The van der Waals surface area contributed by atoms with Gasteiger partial charge in [-0.15, -0.1) is 0 Å². The quantitative estimate of drug-likeness (QED) is 0.599. The Morgan fingerprint density at radius 2 is 1.59 bits per heavy atom. The van der Waals surface area contributed by atoms with Gasteiger partial charge in [-0.05, 0) is 0 Å². The highest BCUT2D eigenvalue weighted by Gasteiger charge is 2.57. The molecule has 8 nitrogen and oxygen atoms in total. The number of aliphatic hydroxyl groups is 2. The molecule has 2 saturated heterocycles. The molecule has 2 fully saturated rings. The van der Waals surface area contributed by atoms with Gasteiger partial charge in [0.05, 0.1) is 0 Å². The van der Waals surface area contributed by atoms with Gasteiger partial charge in [0.2, 0.25) is 0 Å². The second kappa shape index (κ2) is 4.00. The number of rotatable bonds is 3. The van der Waals surface area contributed by atoms with Gasteiger partial charge in [0, 0.05) is 7.05 Å². The molecule has 0 bridgehead atoms. The fourth-order valence-electron chi connectivity index (χ4n) is 2.29. The third kappa shape index (κ3) is 1.35. The average Bonchev–Trinajstić information content (AvgIpc) is 2.73. The lowest BCUT2D eigenvalue weighted by atomic mass is 10.3. The van der Waals surface area contributed by atoms with Crippen molar-refractivity contribution in [1.29, 1.82) is 0 Å². The van der Waals surface area contributed by atoms with Gasteiger partial charge in [-0.25, -0.2) is 14.0 Å². The highest BCUT2D eigenvalue weighted by atomic mass is 19.1. The number of urea groups is 2. The Morgan fingerprint density at radius 3 is 2.06 bits per heavy atom. The van der Waals surface area contributed by atoms with Gasteiger partial charge in [0.25, 0.3) is 0 Å². The lowest BCUT2D eigenvalue weighted by Crippen LogP contribution is -2.47. The number of likely N-dealkylation sites (N-methyl/N-ethyl adjacent to an activating group) is 1. The molecular formula is C8H13FN4O4. The van der Waals surface area contributed by atoms with Crippen LogP contribution in [0, 0.1) is 0 Å². The third-order valence-electron chi connectivity index (χ3n) is 3.09. The van der Waals surface area contributed by atoms with Crippen LogP contribution in [0.1, 0.15) is 0 Å². The van der Waals surface area contributed by atoms with E-state index in [0.29, 0.717) is 0 Å². The van der Waals surface area contributed by atoms with Crippen molar-refractivity contribution in [2.24, 2.45) is 0 Å². The van der Waals surface area contributed by atoms with Gasteiger partial charge in [-0.2, -0.15) is 0 Å². The molecule has 96 valence electrons. The summed E-state index contributed by atoms with van der Waals surface area (Å²) in [4.78, 5) is 27.3. The summed E-state index contributed by atoms with van der Waals surface area (Å²) in [7, 11) is 1.41. The molecule has 9 heteroatoms. The number of fused-ring (bicyclic) bond motifs is 1. The van der Waals surface area contributed by atoms with Crippen LogP contribution in [0.25, 0.3) is 0 Å². The van der Waals surface area contributed by atoms with E-state index in [0.717, 1.165) is 19.6 Å². The van der Waals surface area contributed by atoms with Crippen molar-refractivity contribution in [2.75, 3.05) is 27.3 Å². The number of nitrogens with zero attached hydrogens (tertiary/aromatic N) is 4. The van der Waals surface area contributed by atoms with Crippen LogP contribution in [-0.4, -0.2) is 81.5 Å². The summed E-state index contributed by atoms with van der Waals surface area (Å²) in [6.07, 6.45) is -1.70. The second-order valence-electron chi connectivity index (χ2n) is 3.82. The Labute approximate surface area is 96.4 Å². The van der Waals surface area contributed by atoms with E-state index in [9.17, 15) is 14.0 Å². The standard InChI is InChI=1S/C8H13FN4O4/c1-10-5-6(12(3-14)7(10)16)13(4-15)8(17)11(5)2-9/h5-6,14-15H,2-4H2,1H3. The Morgan fingerprint density at radius 1 is 1.06 bits per heavy atom. The molecule has 0 saturated carbocycles. The number of amides is 4. The minimum Gasteiger partial charge on any atom is -0.376 e. The Balaban J connectivity index is 2.39. The number of halogens is 1. The maximum absolute atomic E-state index is 12.8. The number of carbonyl (C=O) groups excluding carboxylic acids is 2. The van der Waals surface area contributed by atoms with E-state index >= 15 is 0 Å². The summed E-state index contributed by atoms with van der Waals surface area (Å²) in [6, 6.07) is -1.23. The molecule has 0 aromatic carbocycles. The summed E-state index contributed by atoms with van der Waals surface area (Å²) in [6.45, 7) is -2.31. The molecule has 2 aliphatic rings. The van der Waals surface area contributed by atoms with Gasteiger partial charge < -0.3 is 15.1 Å². The summed E-state index contributed by atoms with van der Waals surface area (Å²) >= 11 is 0. The van der Waals surface area contributed by atoms with Crippen LogP contribution in [0.2, 0.25) is 0 Å². The SMILES string of the molecule is CN1C(=O)N(CO)C2C1N(CF)C(=O)N2CO. The van der Waals surface area contributed by atoms with Crippen molar-refractivity contribution in [3.63, 3.8) is 0 Å². The van der Waals surface area contributed by atoms with E-state index in [-0.39, 0.29) is 0 Å². The smallest absolute Gasteiger partial charge is 0.327 e. The summed E-state index contributed by atoms with van der Waals surface area (Å²) in [5, 5.41) is 18.2. The van der Waals surface area contributed by atoms with E-state index in [4.69, 9.17) is 10.2 Å². The molecule has 0 radical (unpaired) electrons. The molecule has 0 aliphatic carbocycles. The number of alkyl halides is 1. The van der Waals surface area contributed by atoms with Crippen molar-refractivity contribution in [2.45, 2.75) is 12.3 Å². The lowest BCUT2D eigenvalue weighted by molar-refractivity contribution is 0.0252. The molecule has 2 unspecified atom stereocenters. The van der Waals surface area contributed by atoms with Crippen molar-refractivity contribution in [3.05, 3.63) is 0 Å². The minimum absolute atomic E-state index is 0.521. The zero-order valence-corrected chi connectivity index (χ0v) is 9.15. The molecule has 0 spiro atoms. The Hall–Kier alpha value is -1.61. The molecule has 2 rings (SSSR count).